The lowest BCUT2D eigenvalue weighted by atomic mass is 9.73. The second-order valence-corrected chi connectivity index (χ2v) is 11.4. The first-order valence-corrected chi connectivity index (χ1v) is 14.3. The minimum atomic E-state index is -1.16. The number of ether oxygens (including phenoxy) is 3. The molecule has 5 rings (SSSR count). The zero-order valence-corrected chi connectivity index (χ0v) is 23.4. The van der Waals surface area contributed by atoms with Crippen LogP contribution in [0.5, 0.6) is 5.75 Å². The lowest BCUT2D eigenvalue weighted by Crippen LogP contribution is -2.58. The number of anilines is 1. The average Bonchev–Trinajstić information content (AvgIpc) is 3.57. The molecule has 1 saturated carbocycles. The van der Waals surface area contributed by atoms with Crippen molar-refractivity contribution in [3.63, 3.8) is 0 Å². The molecule has 0 aromatic heterocycles. The van der Waals surface area contributed by atoms with E-state index in [2.05, 4.69) is 24.5 Å². The third-order valence-corrected chi connectivity index (χ3v) is 9.21. The van der Waals surface area contributed by atoms with E-state index < -0.39 is 29.6 Å². The van der Waals surface area contributed by atoms with E-state index in [0.29, 0.717) is 49.5 Å². The number of fused-ring (bicyclic) bond motifs is 1. The third-order valence-electron chi connectivity index (χ3n) is 9.21. The quantitative estimate of drug-likeness (QED) is 0.350. The number of benzene rings is 1. The number of carbonyl (C=O) groups is 3. The van der Waals surface area contributed by atoms with Gasteiger partial charge in [0, 0.05) is 31.5 Å². The Hall–Kier alpha value is -2.91. The van der Waals surface area contributed by atoms with Crippen LogP contribution in [0.3, 0.4) is 0 Å². The normalized spacial score (nSPS) is 34.7. The van der Waals surface area contributed by atoms with E-state index in [1.807, 2.05) is 19.1 Å². The monoisotopic (exact) mass is 539 g/mol. The van der Waals surface area contributed by atoms with Crippen molar-refractivity contribution < 1.29 is 28.6 Å². The number of hydrogen-bond acceptors (Lipinski definition) is 6. The molecule has 1 aliphatic carbocycles. The Morgan fingerprint density at radius 2 is 1.92 bits per heavy atom. The van der Waals surface area contributed by atoms with Crippen LogP contribution in [0, 0.1) is 23.7 Å². The van der Waals surface area contributed by atoms with Crippen LogP contribution in [0.1, 0.15) is 46.5 Å². The van der Waals surface area contributed by atoms with Gasteiger partial charge < -0.3 is 29.7 Å². The first kappa shape index (κ1) is 27.6. The van der Waals surface area contributed by atoms with Crippen molar-refractivity contribution >= 4 is 23.4 Å². The molecule has 1 aromatic rings. The van der Waals surface area contributed by atoms with E-state index in [4.69, 9.17) is 14.2 Å². The van der Waals surface area contributed by atoms with Gasteiger partial charge in [-0.15, -0.1) is 0 Å². The maximum Gasteiger partial charge on any atom is 0.246 e. The van der Waals surface area contributed by atoms with Gasteiger partial charge in [-0.1, -0.05) is 38.8 Å². The van der Waals surface area contributed by atoms with E-state index in [9.17, 15) is 14.4 Å². The van der Waals surface area contributed by atoms with Crippen molar-refractivity contribution in [3.05, 3.63) is 36.4 Å². The number of amides is 3. The fraction of sp³-hybridized carbons (Fsp3) is 0.633. The van der Waals surface area contributed by atoms with Crippen molar-refractivity contribution in [1.82, 2.24) is 10.2 Å². The highest BCUT2D eigenvalue weighted by molar-refractivity contribution is 6.02. The molecule has 0 radical (unpaired) electrons. The molecule has 2 bridgehead atoms. The predicted molar refractivity (Wildman–Crippen MR) is 146 cm³/mol. The van der Waals surface area contributed by atoms with E-state index in [-0.39, 0.29) is 23.8 Å². The van der Waals surface area contributed by atoms with Crippen molar-refractivity contribution in [1.29, 1.82) is 0 Å². The van der Waals surface area contributed by atoms with Gasteiger partial charge in [-0.2, -0.15) is 0 Å². The van der Waals surface area contributed by atoms with Crippen LogP contribution >= 0.6 is 0 Å². The number of nitrogens with one attached hydrogen (secondary N) is 2. The Morgan fingerprint density at radius 3 is 2.64 bits per heavy atom. The third kappa shape index (κ3) is 4.95. The van der Waals surface area contributed by atoms with Crippen molar-refractivity contribution in [2.45, 2.75) is 70.2 Å². The second-order valence-electron chi connectivity index (χ2n) is 11.4. The van der Waals surface area contributed by atoms with Crippen LogP contribution in [0.4, 0.5) is 5.69 Å². The summed E-state index contributed by atoms with van der Waals surface area (Å²) in [4.78, 5) is 43.2. The van der Waals surface area contributed by atoms with E-state index in [1.54, 1.807) is 36.3 Å². The minimum absolute atomic E-state index is 0.0498. The molecule has 3 fully saturated rings. The van der Waals surface area contributed by atoms with Crippen molar-refractivity contribution in [2.75, 3.05) is 32.2 Å². The Balaban J connectivity index is 1.40. The van der Waals surface area contributed by atoms with Crippen LogP contribution in [0.15, 0.2) is 36.4 Å². The highest BCUT2D eigenvalue weighted by Gasteiger charge is 2.72. The van der Waals surface area contributed by atoms with Gasteiger partial charge in [0.2, 0.25) is 17.7 Å². The van der Waals surface area contributed by atoms with Gasteiger partial charge in [0.15, 0.2) is 0 Å². The molecular formula is C30H41N3O6. The molecule has 2 N–H and O–H groups in total. The molecule has 3 aliphatic heterocycles. The van der Waals surface area contributed by atoms with Gasteiger partial charge in [0.1, 0.15) is 17.4 Å². The van der Waals surface area contributed by atoms with Crippen LogP contribution in [-0.2, 0) is 23.9 Å². The maximum absolute atomic E-state index is 14.0. The predicted octanol–water partition coefficient (Wildman–Crippen LogP) is 3.15. The lowest BCUT2D eigenvalue weighted by Gasteiger charge is -2.38. The Morgan fingerprint density at radius 1 is 1.15 bits per heavy atom. The molecular weight excluding hydrogens is 498 g/mol. The zero-order valence-electron chi connectivity index (χ0n) is 23.4. The first-order chi connectivity index (χ1) is 18.8. The molecule has 39 heavy (non-hydrogen) atoms. The molecule has 0 unspecified atom stereocenters. The summed E-state index contributed by atoms with van der Waals surface area (Å²) in [5.41, 5.74) is -0.557. The first-order valence-electron chi connectivity index (χ1n) is 14.3. The number of nitrogens with zero attached hydrogens (tertiary/aromatic N) is 1. The maximum atomic E-state index is 14.0. The van der Waals surface area contributed by atoms with Gasteiger partial charge in [-0.25, -0.2) is 0 Å². The van der Waals surface area contributed by atoms with Gasteiger partial charge in [-0.3, -0.25) is 14.4 Å². The van der Waals surface area contributed by atoms with E-state index in [0.717, 1.165) is 19.3 Å². The number of carbonyl (C=O) groups excluding carboxylic acids is 3. The fourth-order valence-corrected chi connectivity index (χ4v) is 6.94. The van der Waals surface area contributed by atoms with Crippen molar-refractivity contribution in [2.24, 2.45) is 23.7 Å². The number of rotatable bonds is 10. The Labute approximate surface area is 230 Å². The van der Waals surface area contributed by atoms with Gasteiger partial charge >= 0.3 is 0 Å². The summed E-state index contributed by atoms with van der Waals surface area (Å²) in [6, 6.07) is 6.27. The topological polar surface area (TPSA) is 106 Å². The molecule has 4 aliphatic rings. The minimum Gasteiger partial charge on any atom is -0.497 e. The molecule has 2 saturated heterocycles. The van der Waals surface area contributed by atoms with Crippen LogP contribution in [0.25, 0.3) is 0 Å². The highest BCUT2D eigenvalue weighted by atomic mass is 16.5. The standard InChI is InChI=1S/C30H41N3O6/c1-5-38-17-7-16-33-26(28(35)32-22-9-6-8-18(2)19(22)3)30-15-14-23(39-30)24(25(30)29(33)36)27(34)31-20-10-12-21(37-4)13-11-20/h10-15,18-19,22-26H,5-9,16-17H2,1-4H3,(H,31,34)(H,32,35)/t18-,19+,22+,23-,24+,25-,26-,30-/m0/s1. The molecule has 212 valence electrons. The largest absolute Gasteiger partial charge is 0.497 e. The molecule has 1 spiro atoms. The summed E-state index contributed by atoms with van der Waals surface area (Å²) >= 11 is 0. The Kier molecular flexibility index (Phi) is 8.01. The highest BCUT2D eigenvalue weighted by Crippen LogP contribution is 2.55. The van der Waals surface area contributed by atoms with E-state index >= 15 is 0 Å². The molecule has 9 nitrogen and oxygen atoms in total. The number of hydrogen-bond donors (Lipinski definition) is 2. The van der Waals surface area contributed by atoms with Crippen molar-refractivity contribution in [3.8, 4) is 5.75 Å². The summed E-state index contributed by atoms with van der Waals surface area (Å²) < 4.78 is 17.2. The summed E-state index contributed by atoms with van der Waals surface area (Å²) in [7, 11) is 1.58. The van der Waals surface area contributed by atoms with Crippen LogP contribution in [-0.4, -0.2) is 73.3 Å². The van der Waals surface area contributed by atoms with Gasteiger partial charge in [0.05, 0.1) is 25.0 Å². The molecule has 1 aromatic carbocycles. The summed E-state index contributed by atoms with van der Waals surface area (Å²) in [5, 5.41) is 6.23. The van der Waals surface area contributed by atoms with Crippen LogP contribution in [0.2, 0.25) is 0 Å². The smallest absolute Gasteiger partial charge is 0.246 e. The summed E-state index contributed by atoms with van der Waals surface area (Å²) in [6.07, 6.45) is 6.88. The Bertz CT molecular complexity index is 1110. The SMILES string of the molecule is CCOCCCN1C(=O)[C@@H]2[C@H](C(=O)Nc3ccc(OC)cc3)[C@@H]3C=C[C@@]2(O3)[C@@H]1C(=O)N[C@@H]1CCC[C@H](C)[C@H]1C. The summed E-state index contributed by atoms with van der Waals surface area (Å²) in [5.74, 6) is -0.650. The van der Waals surface area contributed by atoms with Gasteiger partial charge in [-0.05, 0) is 55.9 Å². The molecule has 8 atom stereocenters. The number of methoxy groups -OCH3 is 1. The fourth-order valence-electron chi connectivity index (χ4n) is 6.94. The van der Waals surface area contributed by atoms with Gasteiger partial charge in [0.25, 0.3) is 0 Å². The summed E-state index contributed by atoms with van der Waals surface area (Å²) in [6.45, 7) is 7.78. The molecule has 3 amide bonds. The molecule has 9 heteroatoms. The second kappa shape index (κ2) is 11.3. The number of likely N-dealkylation sites (tertiary alicyclic amines) is 1. The average molecular weight is 540 g/mol. The zero-order chi connectivity index (χ0) is 27.7. The molecule has 3 heterocycles. The van der Waals surface area contributed by atoms with Crippen LogP contribution < -0.4 is 15.4 Å². The lowest BCUT2D eigenvalue weighted by molar-refractivity contribution is -0.141. The van der Waals surface area contributed by atoms with E-state index in [1.165, 1.54) is 0 Å².